The van der Waals surface area contributed by atoms with Crippen LogP contribution in [0.4, 0.5) is 0 Å². The van der Waals surface area contributed by atoms with Gasteiger partial charge in [0.05, 0.1) is 5.60 Å². The molecule has 0 heterocycles. The van der Waals surface area contributed by atoms with Crippen molar-refractivity contribution in [3.63, 3.8) is 0 Å². The third kappa shape index (κ3) is 6.69. The van der Waals surface area contributed by atoms with Crippen molar-refractivity contribution in [2.75, 3.05) is 0 Å². The fraction of sp³-hybridized carbons (Fsp3) is 1.00. The van der Waals surface area contributed by atoms with E-state index in [-0.39, 0.29) is 5.60 Å². The summed E-state index contributed by atoms with van der Waals surface area (Å²) in [6.45, 7) is 13.9. The predicted molar refractivity (Wildman–Crippen MR) is 76.7 cm³/mol. The molecular formula is C14H32OSi. The Morgan fingerprint density at radius 2 is 1.31 bits per heavy atom. The molecule has 0 aliphatic rings. The maximum atomic E-state index is 6.05. The Labute approximate surface area is 106 Å². The molecule has 98 valence electrons. The summed E-state index contributed by atoms with van der Waals surface area (Å²) in [7, 11) is 0.867. The summed E-state index contributed by atoms with van der Waals surface area (Å²) < 4.78 is 6.05. The van der Waals surface area contributed by atoms with E-state index < -0.39 is 0 Å². The van der Waals surface area contributed by atoms with Crippen molar-refractivity contribution in [2.45, 2.75) is 72.8 Å². The fourth-order valence-electron chi connectivity index (χ4n) is 2.60. The van der Waals surface area contributed by atoms with Gasteiger partial charge in [0.2, 0.25) is 0 Å². The van der Waals surface area contributed by atoms with Gasteiger partial charge in [-0.25, -0.2) is 0 Å². The molecule has 0 fully saturated rings. The summed E-state index contributed by atoms with van der Waals surface area (Å²) in [4.78, 5) is 0. The van der Waals surface area contributed by atoms with Crippen LogP contribution in [-0.2, 0) is 4.43 Å². The number of hydrogen-bond donors (Lipinski definition) is 0. The van der Waals surface area contributed by atoms with E-state index in [1.807, 2.05) is 0 Å². The summed E-state index contributed by atoms with van der Waals surface area (Å²) in [5.74, 6) is 2.26. The van der Waals surface area contributed by atoms with Crippen LogP contribution in [0.25, 0.3) is 0 Å². The van der Waals surface area contributed by atoms with E-state index in [0.29, 0.717) is 0 Å². The fourth-order valence-corrected chi connectivity index (χ4v) is 3.13. The normalized spacial score (nSPS) is 13.3. The maximum Gasteiger partial charge on any atom is 0.146 e. The lowest BCUT2D eigenvalue weighted by molar-refractivity contribution is 0.0213. The van der Waals surface area contributed by atoms with Crippen LogP contribution in [0.1, 0.15) is 67.2 Å². The molecule has 0 saturated heterocycles. The van der Waals surface area contributed by atoms with Crippen LogP contribution in [-0.4, -0.2) is 16.1 Å². The van der Waals surface area contributed by atoms with E-state index in [0.717, 1.165) is 28.2 Å². The van der Waals surface area contributed by atoms with E-state index in [1.165, 1.54) is 25.7 Å². The standard InChI is InChI=1S/C14H32OSi/c1-11(2)7-8-14(15-16,9-12(3)4)10-13(5)6/h11-13H,7-10H2,1-6,16H3. The molecule has 0 saturated carbocycles. The zero-order valence-electron chi connectivity index (χ0n) is 12.5. The third-order valence-corrected chi connectivity index (χ3v) is 4.04. The van der Waals surface area contributed by atoms with Gasteiger partial charge >= 0.3 is 0 Å². The minimum atomic E-state index is 0.179. The second kappa shape index (κ2) is 7.49. The number of rotatable bonds is 8. The maximum absolute atomic E-state index is 6.05. The smallest absolute Gasteiger partial charge is 0.146 e. The molecule has 0 aromatic carbocycles. The number of hydrogen-bond acceptors (Lipinski definition) is 1. The van der Waals surface area contributed by atoms with Crippen LogP contribution in [0.2, 0.25) is 0 Å². The largest absolute Gasteiger partial charge is 0.422 e. The SMILES string of the molecule is CC(C)CCC(CC(C)C)(CC(C)C)O[SiH3]. The van der Waals surface area contributed by atoms with Crippen molar-refractivity contribution in [1.82, 2.24) is 0 Å². The van der Waals surface area contributed by atoms with Crippen LogP contribution in [0, 0.1) is 17.8 Å². The molecule has 0 amide bonds. The van der Waals surface area contributed by atoms with Crippen molar-refractivity contribution in [3.05, 3.63) is 0 Å². The van der Waals surface area contributed by atoms with Crippen molar-refractivity contribution in [2.24, 2.45) is 17.8 Å². The Balaban J connectivity index is 4.53. The first-order chi connectivity index (χ1) is 7.31. The minimum absolute atomic E-state index is 0.179. The molecule has 0 aromatic rings. The molecule has 2 heteroatoms. The molecule has 0 N–H and O–H groups in total. The Kier molecular flexibility index (Phi) is 7.58. The summed E-state index contributed by atoms with van der Waals surface area (Å²) in [6, 6.07) is 0. The molecule has 0 radical (unpaired) electrons. The molecule has 0 spiro atoms. The monoisotopic (exact) mass is 244 g/mol. The van der Waals surface area contributed by atoms with Gasteiger partial charge in [-0.2, -0.15) is 0 Å². The first kappa shape index (κ1) is 16.2. The van der Waals surface area contributed by atoms with Gasteiger partial charge < -0.3 is 4.43 Å². The lowest BCUT2D eigenvalue weighted by Gasteiger charge is -2.37. The van der Waals surface area contributed by atoms with E-state index in [9.17, 15) is 0 Å². The molecule has 0 aliphatic carbocycles. The molecule has 0 unspecified atom stereocenters. The van der Waals surface area contributed by atoms with Crippen LogP contribution in [0.15, 0.2) is 0 Å². The molecular weight excluding hydrogens is 212 g/mol. The van der Waals surface area contributed by atoms with E-state index in [2.05, 4.69) is 41.5 Å². The van der Waals surface area contributed by atoms with Crippen molar-refractivity contribution in [3.8, 4) is 0 Å². The summed E-state index contributed by atoms with van der Waals surface area (Å²) in [5, 5.41) is 0. The minimum Gasteiger partial charge on any atom is -0.422 e. The molecule has 0 bridgehead atoms. The van der Waals surface area contributed by atoms with Gasteiger partial charge in [-0.1, -0.05) is 41.5 Å². The Hall–Kier alpha value is 0.177. The highest BCUT2D eigenvalue weighted by Gasteiger charge is 2.30. The van der Waals surface area contributed by atoms with Gasteiger partial charge in [-0.3, -0.25) is 0 Å². The first-order valence-corrected chi connectivity index (χ1v) is 7.68. The molecule has 0 aromatic heterocycles. The third-order valence-electron chi connectivity index (χ3n) is 3.17. The van der Waals surface area contributed by atoms with E-state index >= 15 is 0 Å². The highest BCUT2D eigenvalue weighted by Crippen LogP contribution is 2.33. The Bertz CT molecular complexity index is 166. The quantitative estimate of drug-likeness (QED) is 0.593. The van der Waals surface area contributed by atoms with Gasteiger partial charge in [0, 0.05) is 0 Å². The molecule has 0 atom stereocenters. The Morgan fingerprint density at radius 3 is 1.56 bits per heavy atom. The lowest BCUT2D eigenvalue weighted by Crippen LogP contribution is -2.35. The van der Waals surface area contributed by atoms with E-state index in [4.69, 9.17) is 4.43 Å². The van der Waals surface area contributed by atoms with Crippen LogP contribution < -0.4 is 0 Å². The Morgan fingerprint density at radius 1 is 0.875 bits per heavy atom. The predicted octanol–water partition coefficient (Wildman–Crippen LogP) is 3.55. The second-order valence-corrected chi connectivity index (χ2v) is 6.92. The lowest BCUT2D eigenvalue weighted by atomic mass is 9.80. The van der Waals surface area contributed by atoms with E-state index in [1.54, 1.807) is 0 Å². The van der Waals surface area contributed by atoms with Gasteiger partial charge in [-0.15, -0.1) is 0 Å². The van der Waals surface area contributed by atoms with Gasteiger partial charge in [-0.05, 0) is 43.4 Å². The highest BCUT2D eigenvalue weighted by atomic mass is 28.2. The van der Waals surface area contributed by atoms with Crippen molar-refractivity contribution >= 4 is 10.5 Å². The van der Waals surface area contributed by atoms with Gasteiger partial charge in [0.25, 0.3) is 0 Å². The van der Waals surface area contributed by atoms with Gasteiger partial charge in [0.1, 0.15) is 10.5 Å². The van der Waals surface area contributed by atoms with Crippen LogP contribution in [0.3, 0.4) is 0 Å². The molecule has 0 rings (SSSR count). The van der Waals surface area contributed by atoms with Crippen molar-refractivity contribution in [1.29, 1.82) is 0 Å². The zero-order chi connectivity index (χ0) is 12.8. The first-order valence-electron chi connectivity index (χ1n) is 6.86. The molecule has 1 nitrogen and oxygen atoms in total. The van der Waals surface area contributed by atoms with Crippen LogP contribution in [0.5, 0.6) is 0 Å². The zero-order valence-corrected chi connectivity index (χ0v) is 14.5. The average Bonchev–Trinajstić information content (AvgIpc) is 2.12. The molecule has 16 heavy (non-hydrogen) atoms. The topological polar surface area (TPSA) is 9.23 Å². The van der Waals surface area contributed by atoms with Crippen molar-refractivity contribution < 1.29 is 4.43 Å². The second-order valence-electron chi connectivity index (χ2n) is 6.52. The van der Waals surface area contributed by atoms with Crippen LogP contribution >= 0.6 is 0 Å². The summed E-state index contributed by atoms with van der Waals surface area (Å²) >= 11 is 0. The van der Waals surface area contributed by atoms with Gasteiger partial charge in [0.15, 0.2) is 0 Å². The molecule has 0 aliphatic heterocycles. The average molecular weight is 244 g/mol. The summed E-state index contributed by atoms with van der Waals surface area (Å²) in [5.41, 5.74) is 0.179. The highest BCUT2D eigenvalue weighted by molar-refractivity contribution is 5.98. The summed E-state index contributed by atoms with van der Waals surface area (Å²) in [6.07, 6.45) is 4.98.